The number of aliphatic hydroxyl groups is 1. The Bertz CT molecular complexity index is 260. The van der Waals surface area contributed by atoms with E-state index in [2.05, 4.69) is 12.2 Å². The first kappa shape index (κ1) is 14.3. The SMILES string of the molecule is C[C@@H]1CC[C@@H](CNC(=O)OC(C)(C)C)[C@H](O)C1. The van der Waals surface area contributed by atoms with Crippen molar-refractivity contribution in [1.82, 2.24) is 5.32 Å². The van der Waals surface area contributed by atoms with Crippen molar-refractivity contribution >= 4 is 6.09 Å². The zero-order valence-corrected chi connectivity index (χ0v) is 11.3. The van der Waals surface area contributed by atoms with E-state index in [-0.39, 0.29) is 12.0 Å². The highest BCUT2D eigenvalue weighted by Gasteiger charge is 2.27. The van der Waals surface area contributed by atoms with Gasteiger partial charge in [-0.3, -0.25) is 0 Å². The fourth-order valence-corrected chi connectivity index (χ4v) is 2.18. The van der Waals surface area contributed by atoms with Crippen molar-refractivity contribution in [3.05, 3.63) is 0 Å². The molecule has 0 aliphatic heterocycles. The van der Waals surface area contributed by atoms with Crippen LogP contribution >= 0.6 is 0 Å². The molecule has 0 bridgehead atoms. The maximum atomic E-state index is 11.5. The lowest BCUT2D eigenvalue weighted by Crippen LogP contribution is -2.40. The molecule has 4 nitrogen and oxygen atoms in total. The van der Waals surface area contributed by atoms with Crippen molar-refractivity contribution in [2.45, 2.75) is 58.7 Å². The number of carbonyl (C=O) groups excluding carboxylic acids is 1. The normalized spacial score (nSPS) is 29.8. The third-order valence-corrected chi connectivity index (χ3v) is 3.13. The van der Waals surface area contributed by atoms with Crippen LogP contribution < -0.4 is 5.32 Å². The van der Waals surface area contributed by atoms with Crippen LogP contribution in [0.25, 0.3) is 0 Å². The molecule has 1 amide bonds. The molecule has 0 spiro atoms. The number of aliphatic hydroxyl groups excluding tert-OH is 1. The van der Waals surface area contributed by atoms with Gasteiger partial charge in [-0.2, -0.15) is 0 Å². The van der Waals surface area contributed by atoms with Crippen LogP contribution in [0.4, 0.5) is 4.79 Å². The molecule has 3 atom stereocenters. The number of amides is 1. The van der Waals surface area contributed by atoms with Gasteiger partial charge in [0, 0.05) is 12.5 Å². The van der Waals surface area contributed by atoms with Crippen LogP contribution in [0, 0.1) is 11.8 Å². The Morgan fingerprint density at radius 2 is 2.06 bits per heavy atom. The van der Waals surface area contributed by atoms with Crippen molar-refractivity contribution in [2.24, 2.45) is 11.8 Å². The Morgan fingerprint density at radius 1 is 1.41 bits per heavy atom. The number of ether oxygens (including phenoxy) is 1. The third-order valence-electron chi connectivity index (χ3n) is 3.13. The second-order valence-corrected chi connectivity index (χ2v) is 6.13. The molecule has 0 aromatic rings. The van der Waals surface area contributed by atoms with Gasteiger partial charge >= 0.3 is 6.09 Å². The second-order valence-electron chi connectivity index (χ2n) is 6.13. The molecule has 0 aromatic carbocycles. The van der Waals surface area contributed by atoms with Crippen molar-refractivity contribution in [1.29, 1.82) is 0 Å². The first-order chi connectivity index (χ1) is 7.78. The van der Waals surface area contributed by atoms with Crippen LogP contribution in [0.5, 0.6) is 0 Å². The maximum absolute atomic E-state index is 11.5. The monoisotopic (exact) mass is 243 g/mol. The van der Waals surface area contributed by atoms with E-state index in [1.807, 2.05) is 20.8 Å². The lowest BCUT2D eigenvalue weighted by Gasteiger charge is -2.31. The van der Waals surface area contributed by atoms with Gasteiger partial charge < -0.3 is 15.2 Å². The summed E-state index contributed by atoms with van der Waals surface area (Å²) in [5.74, 6) is 0.751. The number of nitrogens with one attached hydrogen (secondary N) is 1. The van der Waals surface area contributed by atoms with Gasteiger partial charge in [0.05, 0.1) is 6.10 Å². The highest BCUT2D eigenvalue weighted by Crippen LogP contribution is 2.28. The van der Waals surface area contributed by atoms with Gasteiger partial charge in [0.1, 0.15) is 5.60 Å². The molecule has 100 valence electrons. The summed E-state index contributed by atoms with van der Waals surface area (Å²) in [6.07, 6.45) is 2.23. The number of rotatable bonds is 2. The van der Waals surface area contributed by atoms with E-state index < -0.39 is 11.7 Å². The van der Waals surface area contributed by atoms with Gasteiger partial charge in [-0.05, 0) is 39.5 Å². The fraction of sp³-hybridized carbons (Fsp3) is 0.923. The van der Waals surface area contributed by atoms with E-state index in [1.165, 1.54) is 0 Å². The van der Waals surface area contributed by atoms with Crippen LogP contribution in [0.3, 0.4) is 0 Å². The summed E-state index contributed by atoms with van der Waals surface area (Å²) in [7, 11) is 0. The number of hydrogen-bond donors (Lipinski definition) is 2. The van der Waals surface area contributed by atoms with E-state index in [1.54, 1.807) is 0 Å². The Kier molecular flexibility index (Phi) is 4.80. The number of carbonyl (C=O) groups is 1. The molecule has 1 rings (SSSR count). The molecule has 4 heteroatoms. The zero-order chi connectivity index (χ0) is 13.1. The first-order valence-corrected chi connectivity index (χ1v) is 6.43. The van der Waals surface area contributed by atoms with Crippen molar-refractivity contribution in [3.63, 3.8) is 0 Å². The molecular weight excluding hydrogens is 218 g/mol. The summed E-state index contributed by atoms with van der Waals surface area (Å²) in [5.41, 5.74) is -0.468. The molecule has 17 heavy (non-hydrogen) atoms. The van der Waals surface area contributed by atoms with Crippen LogP contribution in [0.15, 0.2) is 0 Å². The standard InChI is InChI=1S/C13H25NO3/c1-9-5-6-10(11(15)7-9)8-14-12(16)17-13(2,3)4/h9-11,15H,5-8H2,1-4H3,(H,14,16)/t9-,10+,11-/m1/s1. The lowest BCUT2D eigenvalue weighted by atomic mass is 9.81. The minimum absolute atomic E-state index is 0.165. The first-order valence-electron chi connectivity index (χ1n) is 6.43. The molecule has 1 fully saturated rings. The number of alkyl carbamates (subject to hydrolysis) is 1. The van der Waals surface area contributed by atoms with Gasteiger partial charge in [0.15, 0.2) is 0 Å². The second kappa shape index (κ2) is 5.71. The Hall–Kier alpha value is -0.770. The average molecular weight is 243 g/mol. The molecule has 0 saturated heterocycles. The smallest absolute Gasteiger partial charge is 0.407 e. The molecule has 2 N–H and O–H groups in total. The molecule has 0 aromatic heterocycles. The minimum atomic E-state index is -0.468. The Balaban J connectivity index is 2.28. The molecule has 1 aliphatic rings. The van der Waals surface area contributed by atoms with E-state index in [9.17, 15) is 9.90 Å². The Labute approximate surface area is 104 Å². The predicted octanol–water partition coefficient (Wildman–Crippen LogP) is 2.31. The summed E-state index contributed by atoms with van der Waals surface area (Å²) in [4.78, 5) is 11.5. The summed E-state index contributed by atoms with van der Waals surface area (Å²) >= 11 is 0. The quantitative estimate of drug-likeness (QED) is 0.782. The fourth-order valence-electron chi connectivity index (χ4n) is 2.18. The molecule has 0 radical (unpaired) electrons. The maximum Gasteiger partial charge on any atom is 0.407 e. The van der Waals surface area contributed by atoms with Crippen molar-refractivity contribution < 1.29 is 14.6 Å². The molecule has 0 unspecified atom stereocenters. The average Bonchev–Trinajstić information content (AvgIpc) is 2.13. The van der Waals surface area contributed by atoms with Gasteiger partial charge in [-0.25, -0.2) is 4.79 Å². The summed E-state index contributed by atoms with van der Waals surface area (Å²) < 4.78 is 5.15. The van der Waals surface area contributed by atoms with Gasteiger partial charge in [-0.1, -0.05) is 13.3 Å². The highest BCUT2D eigenvalue weighted by molar-refractivity contribution is 5.67. The van der Waals surface area contributed by atoms with E-state index in [0.29, 0.717) is 12.5 Å². The lowest BCUT2D eigenvalue weighted by molar-refractivity contribution is 0.0360. The van der Waals surface area contributed by atoms with Crippen molar-refractivity contribution in [2.75, 3.05) is 6.54 Å². The molecule has 1 saturated carbocycles. The summed E-state index contributed by atoms with van der Waals surface area (Å²) in [6, 6.07) is 0. The highest BCUT2D eigenvalue weighted by atomic mass is 16.6. The van der Waals surface area contributed by atoms with Crippen LogP contribution in [-0.4, -0.2) is 29.4 Å². The Morgan fingerprint density at radius 3 is 2.59 bits per heavy atom. The molecular formula is C13H25NO3. The van der Waals surface area contributed by atoms with Crippen LogP contribution in [0.2, 0.25) is 0 Å². The van der Waals surface area contributed by atoms with E-state index in [0.717, 1.165) is 19.3 Å². The van der Waals surface area contributed by atoms with E-state index in [4.69, 9.17) is 4.74 Å². The summed E-state index contributed by atoms with van der Waals surface area (Å²) in [5, 5.41) is 12.6. The predicted molar refractivity (Wildman–Crippen MR) is 66.7 cm³/mol. The largest absolute Gasteiger partial charge is 0.444 e. The molecule has 0 heterocycles. The minimum Gasteiger partial charge on any atom is -0.444 e. The third kappa shape index (κ3) is 5.39. The molecule has 1 aliphatic carbocycles. The van der Waals surface area contributed by atoms with Gasteiger partial charge in [-0.15, -0.1) is 0 Å². The topological polar surface area (TPSA) is 58.6 Å². The van der Waals surface area contributed by atoms with Crippen LogP contribution in [0.1, 0.15) is 47.0 Å². The number of hydrogen-bond acceptors (Lipinski definition) is 3. The van der Waals surface area contributed by atoms with E-state index >= 15 is 0 Å². The summed E-state index contributed by atoms with van der Waals surface area (Å²) in [6.45, 7) is 8.17. The van der Waals surface area contributed by atoms with Crippen molar-refractivity contribution in [3.8, 4) is 0 Å². The van der Waals surface area contributed by atoms with Gasteiger partial charge in [0.25, 0.3) is 0 Å². The zero-order valence-electron chi connectivity index (χ0n) is 11.3. The van der Waals surface area contributed by atoms with Gasteiger partial charge in [0.2, 0.25) is 0 Å². The van der Waals surface area contributed by atoms with Crippen LogP contribution in [-0.2, 0) is 4.74 Å².